The highest BCUT2D eigenvalue weighted by molar-refractivity contribution is 4.99. The van der Waals surface area contributed by atoms with E-state index in [1.54, 1.807) is 0 Å². The Morgan fingerprint density at radius 1 is 0.312 bits per heavy atom. The Hall–Kier alpha value is -1.56. The Morgan fingerprint density at radius 3 is 0.438 bits per heavy atom. The van der Waals surface area contributed by atoms with E-state index in [1.807, 2.05) is 86.6 Å². The lowest BCUT2D eigenvalue weighted by molar-refractivity contribution is 1.50. The topological polar surface area (TPSA) is 0 Å². The van der Waals surface area contributed by atoms with Crippen LogP contribution in [0.15, 0.2) is 72.8 Å². The quantitative estimate of drug-likeness (QED) is 0.534. The molecule has 0 spiro atoms. The smallest absolute Gasteiger partial charge is 0.0623 e. The van der Waals surface area contributed by atoms with Gasteiger partial charge >= 0.3 is 0 Å². The van der Waals surface area contributed by atoms with Crippen LogP contribution in [-0.4, -0.2) is 0 Å². The highest BCUT2D eigenvalue weighted by Crippen LogP contribution is 1.80. The molecule has 2 rings (SSSR count). The maximum Gasteiger partial charge on any atom is -0.0623 e. The Bertz CT molecular complexity index is 175. The third-order valence-corrected chi connectivity index (χ3v) is 1.33. The van der Waals surface area contributed by atoms with Gasteiger partial charge in [0.1, 0.15) is 0 Å². The van der Waals surface area contributed by atoms with E-state index in [1.165, 1.54) is 0 Å². The molecule has 0 saturated carbocycles. The highest BCUT2D eigenvalue weighted by atomic mass is 13.7. The molecule has 0 aliphatic heterocycles. The van der Waals surface area contributed by atoms with Crippen LogP contribution >= 0.6 is 0 Å². The summed E-state index contributed by atoms with van der Waals surface area (Å²) in [4.78, 5) is 0. The number of hydrogen-bond donors (Lipinski definition) is 0. The van der Waals surface area contributed by atoms with E-state index in [9.17, 15) is 0 Å². The second-order valence-electron chi connectivity index (χ2n) is 2.31. The summed E-state index contributed by atoms with van der Waals surface area (Å²) < 4.78 is 0. The van der Waals surface area contributed by atoms with Crippen molar-refractivity contribution in [3.05, 3.63) is 72.8 Å². The minimum absolute atomic E-state index is 0. The van der Waals surface area contributed by atoms with Gasteiger partial charge in [-0.25, -0.2) is 0 Å². The molecule has 16 heavy (non-hydrogen) atoms. The zero-order chi connectivity index (χ0) is 10.5. The third kappa shape index (κ3) is 14.9. The first-order valence-electron chi connectivity index (χ1n) is 5.00. The van der Waals surface area contributed by atoms with E-state index in [4.69, 9.17) is 0 Å². The van der Waals surface area contributed by atoms with Gasteiger partial charge in [-0.3, -0.25) is 0 Å². The van der Waals surface area contributed by atoms with E-state index in [2.05, 4.69) is 0 Å². The van der Waals surface area contributed by atoms with Crippen LogP contribution in [0, 0.1) is 0 Å². The largest absolute Gasteiger partial charge is 0.0776 e. The van der Waals surface area contributed by atoms with Crippen LogP contribution in [0.5, 0.6) is 0 Å². The van der Waals surface area contributed by atoms with Crippen LogP contribution in [0.2, 0.25) is 0 Å². The van der Waals surface area contributed by atoms with Crippen LogP contribution in [0.1, 0.15) is 28.7 Å². The molecule has 0 bridgehead atoms. The molecule has 2 aromatic carbocycles. The molecule has 0 unspecified atom stereocenters. The monoisotopic (exact) mass is 218 g/mol. The van der Waals surface area contributed by atoms with Gasteiger partial charge in [0.05, 0.1) is 0 Å². The van der Waals surface area contributed by atoms with Crippen molar-refractivity contribution in [1.29, 1.82) is 0 Å². The van der Waals surface area contributed by atoms with Crippen LogP contribution in [-0.2, 0) is 0 Å². The van der Waals surface area contributed by atoms with Crippen molar-refractivity contribution in [3.8, 4) is 0 Å². The van der Waals surface area contributed by atoms with Gasteiger partial charge in [0.2, 0.25) is 0 Å². The summed E-state index contributed by atoms with van der Waals surface area (Å²) in [5.41, 5.74) is 0. The fraction of sp³-hybridized carbons (Fsp3) is 0.250. The standard InChI is InChI=1S/2C6H6.C2H6.2CH4/c2*1-2-4-6-5-3-1;1-2;;/h2*1-6H;1-2H3;2*1H4. The lowest BCUT2D eigenvalue weighted by atomic mass is 10.4. The molecule has 90 valence electrons. The van der Waals surface area contributed by atoms with Gasteiger partial charge in [-0.05, 0) is 0 Å². The van der Waals surface area contributed by atoms with E-state index in [0.29, 0.717) is 0 Å². The zero-order valence-corrected chi connectivity index (χ0v) is 8.93. The van der Waals surface area contributed by atoms with Crippen molar-refractivity contribution in [2.75, 3.05) is 0 Å². The minimum atomic E-state index is 0. The van der Waals surface area contributed by atoms with E-state index >= 15 is 0 Å². The predicted octanol–water partition coefficient (Wildman–Crippen LogP) is 5.67. The van der Waals surface area contributed by atoms with Crippen molar-refractivity contribution in [2.45, 2.75) is 28.7 Å². The minimum Gasteiger partial charge on any atom is -0.0776 e. The fourth-order valence-electron chi connectivity index (χ4n) is 0.770. The van der Waals surface area contributed by atoms with Gasteiger partial charge in [-0.1, -0.05) is 101 Å². The summed E-state index contributed by atoms with van der Waals surface area (Å²) in [5.74, 6) is 0. The van der Waals surface area contributed by atoms with Gasteiger partial charge in [0.15, 0.2) is 0 Å². The lowest BCUT2D eigenvalue weighted by Gasteiger charge is -1.69. The van der Waals surface area contributed by atoms with Crippen molar-refractivity contribution in [3.63, 3.8) is 0 Å². The zero-order valence-electron chi connectivity index (χ0n) is 8.93. The molecule has 0 aliphatic carbocycles. The summed E-state index contributed by atoms with van der Waals surface area (Å²) in [7, 11) is 0. The Kier molecular flexibility index (Phi) is 23.8. The van der Waals surface area contributed by atoms with Gasteiger partial charge in [-0.15, -0.1) is 0 Å². The summed E-state index contributed by atoms with van der Waals surface area (Å²) in [6, 6.07) is 24.0. The average molecular weight is 218 g/mol. The molecule has 0 atom stereocenters. The molecule has 0 heterocycles. The molecular weight excluding hydrogens is 192 g/mol. The summed E-state index contributed by atoms with van der Waals surface area (Å²) in [5, 5.41) is 0. The first kappa shape index (κ1) is 19.9. The third-order valence-electron chi connectivity index (χ3n) is 1.33. The Labute approximate surface area is 102 Å². The molecule has 0 heteroatoms. The number of hydrogen-bond acceptors (Lipinski definition) is 0. The van der Waals surface area contributed by atoms with E-state index < -0.39 is 0 Å². The van der Waals surface area contributed by atoms with Crippen molar-refractivity contribution < 1.29 is 0 Å². The maximum absolute atomic E-state index is 2.00. The normalized spacial score (nSPS) is 6.38. The number of rotatable bonds is 0. The average Bonchev–Trinajstić information content (AvgIpc) is 2.37. The molecule has 0 N–H and O–H groups in total. The fourth-order valence-corrected chi connectivity index (χ4v) is 0.770. The molecule has 0 nitrogen and oxygen atoms in total. The number of benzene rings is 2. The van der Waals surface area contributed by atoms with Crippen LogP contribution in [0.25, 0.3) is 0 Å². The summed E-state index contributed by atoms with van der Waals surface area (Å²) in [6.45, 7) is 4.00. The molecule has 0 amide bonds. The van der Waals surface area contributed by atoms with Crippen LogP contribution < -0.4 is 0 Å². The maximum atomic E-state index is 2.00. The van der Waals surface area contributed by atoms with Crippen molar-refractivity contribution >= 4 is 0 Å². The van der Waals surface area contributed by atoms with E-state index in [-0.39, 0.29) is 14.9 Å². The Balaban J connectivity index is -0.000000165. The molecule has 0 aliphatic rings. The van der Waals surface area contributed by atoms with Gasteiger partial charge in [0, 0.05) is 0 Å². The van der Waals surface area contributed by atoms with Crippen LogP contribution in [0.3, 0.4) is 0 Å². The van der Waals surface area contributed by atoms with Gasteiger partial charge < -0.3 is 0 Å². The van der Waals surface area contributed by atoms with Gasteiger partial charge in [-0.2, -0.15) is 0 Å². The molecular formula is C16H26. The van der Waals surface area contributed by atoms with E-state index in [0.717, 1.165) is 0 Å². The first-order valence-corrected chi connectivity index (χ1v) is 5.00. The Morgan fingerprint density at radius 2 is 0.375 bits per heavy atom. The predicted molar refractivity (Wildman–Crippen MR) is 77.7 cm³/mol. The molecule has 0 fully saturated rings. The summed E-state index contributed by atoms with van der Waals surface area (Å²) in [6.07, 6.45) is 0. The van der Waals surface area contributed by atoms with Crippen LogP contribution in [0.4, 0.5) is 0 Å². The SMILES string of the molecule is C.C.CC.c1ccccc1.c1ccccc1. The first-order chi connectivity index (χ1) is 7.00. The van der Waals surface area contributed by atoms with Gasteiger partial charge in [0.25, 0.3) is 0 Å². The molecule has 0 saturated heterocycles. The molecule has 0 aromatic heterocycles. The highest BCUT2D eigenvalue weighted by Gasteiger charge is 1.58. The van der Waals surface area contributed by atoms with Crippen molar-refractivity contribution in [2.24, 2.45) is 0 Å². The lowest BCUT2D eigenvalue weighted by Crippen LogP contribution is -1.47. The summed E-state index contributed by atoms with van der Waals surface area (Å²) >= 11 is 0. The molecule has 0 radical (unpaired) electrons. The second-order valence-corrected chi connectivity index (χ2v) is 2.31. The molecule has 2 aromatic rings. The van der Waals surface area contributed by atoms with Crippen molar-refractivity contribution in [1.82, 2.24) is 0 Å². The second kappa shape index (κ2) is 19.1.